The number of amides is 1. The fourth-order valence-electron chi connectivity index (χ4n) is 1.44. The van der Waals surface area contributed by atoms with Gasteiger partial charge in [-0.1, -0.05) is 53.5 Å². The van der Waals surface area contributed by atoms with Gasteiger partial charge in [-0.15, -0.1) is 0 Å². The fourth-order valence-corrected chi connectivity index (χ4v) is 1.78. The summed E-state index contributed by atoms with van der Waals surface area (Å²) in [5.74, 6) is -0.341. The van der Waals surface area contributed by atoms with Gasteiger partial charge >= 0.3 is 0 Å². The fraction of sp³-hybridized carbons (Fsp3) is 0.0769. The van der Waals surface area contributed by atoms with Crippen molar-refractivity contribution in [2.45, 2.75) is 6.54 Å². The van der Waals surface area contributed by atoms with Crippen molar-refractivity contribution < 1.29 is 4.79 Å². The predicted octanol–water partition coefficient (Wildman–Crippen LogP) is 3.32. The number of pyridine rings is 1. The molecule has 0 saturated carbocycles. The van der Waals surface area contributed by atoms with Crippen LogP contribution in [0.1, 0.15) is 16.1 Å². The molecular weight excluding hydrogens is 271 g/mol. The van der Waals surface area contributed by atoms with E-state index in [9.17, 15) is 4.79 Å². The lowest BCUT2D eigenvalue weighted by atomic mass is 10.2. The van der Waals surface area contributed by atoms with Gasteiger partial charge in [0.15, 0.2) is 0 Å². The Morgan fingerprint density at radius 2 is 1.89 bits per heavy atom. The van der Waals surface area contributed by atoms with Gasteiger partial charge in [-0.2, -0.15) is 0 Å². The largest absolute Gasteiger partial charge is 0.347 e. The number of halogens is 2. The number of nitrogens with zero attached hydrogens (tertiary/aromatic N) is 1. The van der Waals surface area contributed by atoms with Gasteiger partial charge in [-0.25, -0.2) is 4.98 Å². The van der Waals surface area contributed by atoms with Crippen LogP contribution in [0.15, 0.2) is 42.6 Å². The first kappa shape index (κ1) is 12.9. The third-order valence-electron chi connectivity index (χ3n) is 2.35. The Morgan fingerprint density at radius 3 is 2.61 bits per heavy atom. The number of hydrogen-bond donors (Lipinski definition) is 1. The number of rotatable bonds is 3. The van der Waals surface area contributed by atoms with Gasteiger partial charge in [0.05, 0.1) is 10.0 Å². The highest BCUT2D eigenvalue weighted by atomic mass is 35.5. The zero-order chi connectivity index (χ0) is 13.0. The molecule has 0 aliphatic heterocycles. The van der Waals surface area contributed by atoms with Crippen molar-refractivity contribution in [3.05, 3.63) is 63.9 Å². The van der Waals surface area contributed by atoms with E-state index in [0.29, 0.717) is 11.6 Å². The van der Waals surface area contributed by atoms with Gasteiger partial charge in [0, 0.05) is 12.7 Å². The molecule has 1 aromatic carbocycles. The Labute approximate surface area is 115 Å². The standard InChI is InChI=1S/C13H10Cl2N2O/c14-10-6-7-16-12(11(10)15)13(18)17-8-9-4-2-1-3-5-9/h1-7H,8H2,(H,17,18). The van der Waals surface area contributed by atoms with Gasteiger partial charge in [0.1, 0.15) is 5.69 Å². The lowest BCUT2D eigenvalue weighted by Gasteiger charge is -2.06. The molecule has 5 heteroatoms. The molecule has 1 heterocycles. The van der Waals surface area contributed by atoms with Crippen molar-refractivity contribution in [1.82, 2.24) is 10.3 Å². The molecule has 0 fully saturated rings. The Bertz CT molecular complexity index is 558. The molecule has 0 aliphatic carbocycles. The van der Waals surface area contributed by atoms with Gasteiger partial charge in [0.25, 0.3) is 5.91 Å². The van der Waals surface area contributed by atoms with Crippen LogP contribution in [0.3, 0.4) is 0 Å². The van der Waals surface area contributed by atoms with Gasteiger partial charge in [-0.3, -0.25) is 4.79 Å². The third-order valence-corrected chi connectivity index (χ3v) is 3.15. The third kappa shape index (κ3) is 3.00. The first-order valence-electron chi connectivity index (χ1n) is 5.30. The molecule has 2 aromatic rings. The van der Waals surface area contributed by atoms with Crippen molar-refractivity contribution >= 4 is 29.1 Å². The Hall–Kier alpha value is -1.58. The molecule has 0 spiro atoms. The van der Waals surface area contributed by atoms with E-state index in [0.717, 1.165) is 5.56 Å². The molecule has 1 aromatic heterocycles. The molecule has 1 amide bonds. The summed E-state index contributed by atoms with van der Waals surface area (Å²) in [6, 6.07) is 11.1. The summed E-state index contributed by atoms with van der Waals surface area (Å²) in [5.41, 5.74) is 1.14. The minimum absolute atomic E-state index is 0.139. The Kier molecular flexibility index (Phi) is 4.18. The highest BCUT2D eigenvalue weighted by molar-refractivity contribution is 6.43. The van der Waals surface area contributed by atoms with Crippen LogP contribution < -0.4 is 5.32 Å². The lowest BCUT2D eigenvalue weighted by Crippen LogP contribution is -2.24. The first-order valence-corrected chi connectivity index (χ1v) is 6.06. The molecular formula is C13H10Cl2N2O. The number of carbonyl (C=O) groups is 1. The molecule has 0 bridgehead atoms. The van der Waals surface area contributed by atoms with E-state index in [-0.39, 0.29) is 16.6 Å². The van der Waals surface area contributed by atoms with E-state index in [2.05, 4.69) is 10.3 Å². The second-order valence-electron chi connectivity index (χ2n) is 3.62. The molecule has 0 radical (unpaired) electrons. The van der Waals surface area contributed by atoms with E-state index in [1.165, 1.54) is 12.3 Å². The van der Waals surface area contributed by atoms with Crippen LogP contribution in [0.5, 0.6) is 0 Å². The highest BCUT2D eigenvalue weighted by Crippen LogP contribution is 2.23. The van der Waals surface area contributed by atoms with E-state index in [4.69, 9.17) is 23.2 Å². The van der Waals surface area contributed by atoms with E-state index >= 15 is 0 Å². The summed E-state index contributed by atoms with van der Waals surface area (Å²) in [7, 11) is 0. The number of hydrogen-bond acceptors (Lipinski definition) is 2. The summed E-state index contributed by atoms with van der Waals surface area (Å²) in [6.07, 6.45) is 1.45. The summed E-state index contributed by atoms with van der Waals surface area (Å²) in [5, 5.41) is 3.23. The van der Waals surface area contributed by atoms with Crippen LogP contribution in [0, 0.1) is 0 Å². The second kappa shape index (κ2) is 5.85. The molecule has 0 atom stereocenters. The zero-order valence-electron chi connectivity index (χ0n) is 9.36. The van der Waals surface area contributed by atoms with E-state index in [1.54, 1.807) is 0 Å². The van der Waals surface area contributed by atoms with Crippen LogP contribution in [0.4, 0.5) is 0 Å². The van der Waals surface area contributed by atoms with E-state index in [1.807, 2.05) is 30.3 Å². The second-order valence-corrected chi connectivity index (χ2v) is 4.41. The summed E-state index contributed by atoms with van der Waals surface area (Å²) in [4.78, 5) is 15.8. The molecule has 92 valence electrons. The SMILES string of the molecule is O=C(NCc1ccccc1)c1nccc(Cl)c1Cl. The molecule has 2 rings (SSSR count). The minimum Gasteiger partial charge on any atom is -0.347 e. The summed E-state index contributed by atoms with van der Waals surface area (Å²) >= 11 is 11.7. The van der Waals surface area contributed by atoms with Crippen LogP contribution >= 0.6 is 23.2 Å². The smallest absolute Gasteiger partial charge is 0.271 e. The number of nitrogens with one attached hydrogen (secondary N) is 1. The number of aromatic nitrogens is 1. The predicted molar refractivity (Wildman–Crippen MR) is 71.9 cm³/mol. The van der Waals surface area contributed by atoms with Crippen LogP contribution in [-0.4, -0.2) is 10.9 Å². The summed E-state index contributed by atoms with van der Waals surface area (Å²) in [6.45, 7) is 0.421. The van der Waals surface area contributed by atoms with Crippen LogP contribution in [-0.2, 0) is 6.54 Å². The van der Waals surface area contributed by atoms with E-state index < -0.39 is 0 Å². The minimum atomic E-state index is -0.341. The Balaban J connectivity index is 2.07. The highest BCUT2D eigenvalue weighted by Gasteiger charge is 2.13. The zero-order valence-corrected chi connectivity index (χ0v) is 10.9. The molecule has 0 saturated heterocycles. The monoisotopic (exact) mass is 280 g/mol. The van der Waals surface area contributed by atoms with Crippen LogP contribution in [0.2, 0.25) is 10.0 Å². The average Bonchev–Trinajstić information content (AvgIpc) is 2.40. The van der Waals surface area contributed by atoms with Gasteiger partial charge in [-0.05, 0) is 11.6 Å². The molecule has 0 aliphatic rings. The van der Waals surface area contributed by atoms with Crippen LogP contribution in [0.25, 0.3) is 0 Å². The summed E-state index contributed by atoms with van der Waals surface area (Å²) < 4.78 is 0. The lowest BCUT2D eigenvalue weighted by molar-refractivity contribution is 0.0946. The van der Waals surface area contributed by atoms with Crippen molar-refractivity contribution in [2.75, 3.05) is 0 Å². The maximum absolute atomic E-state index is 11.9. The van der Waals surface area contributed by atoms with Crippen molar-refractivity contribution in [3.63, 3.8) is 0 Å². The topological polar surface area (TPSA) is 42.0 Å². The number of carbonyl (C=O) groups excluding carboxylic acids is 1. The van der Waals surface area contributed by atoms with Crippen molar-refractivity contribution in [2.24, 2.45) is 0 Å². The normalized spacial score (nSPS) is 10.1. The van der Waals surface area contributed by atoms with Crippen molar-refractivity contribution in [3.8, 4) is 0 Å². The maximum Gasteiger partial charge on any atom is 0.271 e. The maximum atomic E-state index is 11.9. The quantitative estimate of drug-likeness (QED) is 0.937. The van der Waals surface area contributed by atoms with Gasteiger partial charge < -0.3 is 5.32 Å². The molecule has 0 unspecified atom stereocenters. The number of benzene rings is 1. The molecule has 1 N–H and O–H groups in total. The molecule has 3 nitrogen and oxygen atoms in total. The first-order chi connectivity index (χ1) is 8.68. The average molecular weight is 281 g/mol. The Morgan fingerprint density at radius 1 is 1.17 bits per heavy atom. The van der Waals surface area contributed by atoms with Crippen molar-refractivity contribution in [1.29, 1.82) is 0 Å². The molecule has 18 heavy (non-hydrogen) atoms. The van der Waals surface area contributed by atoms with Gasteiger partial charge in [0.2, 0.25) is 0 Å².